The fourth-order valence-corrected chi connectivity index (χ4v) is 4.07. The summed E-state index contributed by atoms with van der Waals surface area (Å²) in [7, 11) is 3.41. The third-order valence-corrected chi connectivity index (χ3v) is 6.77. The van der Waals surface area contributed by atoms with Crippen LogP contribution >= 0.6 is 0 Å². The van der Waals surface area contributed by atoms with Gasteiger partial charge in [-0.05, 0) is 70.2 Å². The zero-order valence-electron chi connectivity index (χ0n) is 19.1. The van der Waals surface area contributed by atoms with E-state index < -0.39 is 0 Å². The Morgan fingerprint density at radius 2 is 0.600 bits per heavy atom. The van der Waals surface area contributed by atoms with Crippen LogP contribution in [0.25, 0.3) is 0 Å². The van der Waals surface area contributed by atoms with Crippen molar-refractivity contribution in [1.29, 1.82) is 0 Å². The molecule has 158 valence electrons. The number of hydrogen-bond donors (Lipinski definition) is 0. The van der Waals surface area contributed by atoms with Gasteiger partial charge in [-0.2, -0.15) is 0 Å². The summed E-state index contributed by atoms with van der Waals surface area (Å²) in [6.45, 7) is 9.23. The lowest BCUT2D eigenvalue weighted by molar-refractivity contribution is 0.414. The SMILES string of the molecule is COc1ccc(C(C)C(C)c2ccc(C(C)C(C)c3ccc(OC)cc3)cc2)cc1. The molecule has 0 heterocycles. The predicted octanol–water partition coefficient (Wildman–Crippen LogP) is 7.52. The monoisotopic (exact) mass is 402 g/mol. The van der Waals surface area contributed by atoms with Crippen molar-refractivity contribution in [2.75, 3.05) is 14.2 Å². The minimum absolute atomic E-state index is 0.442. The molecule has 30 heavy (non-hydrogen) atoms. The Balaban J connectivity index is 1.70. The van der Waals surface area contributed by atoms with Crippen molar-refractivity contribution in [1.82, 2.24) is 0 Å². The van der Waals surface area contributed by atoms with E-state index in [9.17, 15) is 0 Å². The Kier molecular flexibility index (Phi) is 7.20. The number of hydrogen-bond acceptors (Lipinski definition) is 2. The predicted molar refractivity (Wildman–Crippen MR) is 126 cm³/mol. The quantitative estimate of drug-likeness (QED) is 0.388. The maximum atomic E-state index is 5.29. The molecule has 0 aliphatic rings. The smallest absolute Gasteiger partial charge is 0.118 e. The molecule has 0 aliphatic carbocycles. The largest absolute Gasteiger partial charge is 0.497 e. The molecular weight excluding hydrogens is 368 g/mol. The van der Waals surface area contributed by atoms with Gasteiger partial charge < -0.3 is 9.47 Å². The van der Waals surface area contributed by atoms with Crippen LogP contribution in [0.15, 0.2) is 72.8 Å². The first kappa shape index (κ1) is 22.0. The zero-order valence-corrected chi connectivity index (χ0v) is 19.1. The Hall–Kier alpha value is -2.74. The standard InChI is InChI=1S/C28H34O2/c1-19(21(3)25-11-15-27(29-5)16-12-25)23-7-9-24(10-8-23)20(2)22(4)26-13-17-28(30-6)18-14-26/h7-22H,1-6H3. The number of ether oxygens (including phenoxy) is 2. The van der Waals surface area contributed by atoms with Crippen LogP contribution in [-0.4, -0.2) is 14.2 Å². The van der Waals surface area contributed by atoms with Crippen molar-refractivity contribution in [3.8, 4) is 11.5 Å². The van der Waals surface area contributed by atoms with E-state index in [0.29, 0.717) is 23.7 Å². The molecule has 0 aromatic heterocycles. The first-order chi connectivity index (χ1) is 14.4. The van der Waals surface area contributed by atoms with Crippen LogP contribution in [0.4, 0.5) is 0 Å². The van der Waals surface area contributed by atoms with E-state index in [4.69, 9.17) is 9.47 Å². The van der Waals surface area contributed by atoms with Crippen molar-refractivity contribution in [2.24, 2.45) is 0 Å². The molecule has 2 heteroatoms. The van der Waals surface area contributed by atoms with E-state index in [1.54, 1.807) is 14.2 Å². The van der Waals surface area contributed by atoms with Crippen LogP contribution in [0.5, 0.6) is 11.5 Å². The molecule has 4 unspecified atom stereocenters. The van der Waals surface area contributed by atoms with Gasteiger partial charge in [0, 0.05) is 0 Å². The van der Waals surface area contributed by atoms with Gasteiger partial charge in [0.15, 0.2) is 0 Å². The maximum Gasteiger partial charge on any atom is 0.118 e. The van der Waals surface area contributed by atoms with E-state index in [0.717, 1.165) is 11.5 Å². The average Bonchev–Trinajstić information content (AvgIpc) is 2.82. The van der Waals surface area contributed by atoms with Crippen LogP contribution in [0, 0.1) is 0 Å². The van der Waals surface area contributed by atoms with Crippen molar-refractivity contribution in [3.05, 3.63) is 95.1 Å². The molecule has 0 spiro atoms. The number of methoxy groups -OCH3 is 2. The van der Waals surface area contributed by atoms with E-state index in [-0.39, 0.29) is 0 Å². The molecule has 0 fully saturated rings. The topological polar surface area (TPSA) is 18.5 Å². The Morgan fingerprint density at radius 1 is 0.400 bits per heavy atom. The molecule has 4 atom stereocenters. The molecular formula is C28H34O2. The molecule has 3 rings (SSSR count). The highest BCUT2D eigenvalue weighted by molar-refractivity contribution is 5.36. The highest BCUT2D eigenvalue weighted by Crippen LogP contribution is 2.36. The second-order valence-electron chi connectivity index (χ2n) is 8.37. The molecule has 2 nitrogen and oxygen atoms in total. The molecule has 3 aromatic rings. The highest BCUT2D eigenvalue weighted by Gasteiger charge is 2.19. The fourth-order valence-electron chi connectivity index (χ4n) is 4.07. The summed E-state index contributed by atoms with van der Waals surface area (Å²) in [6, 6.07) is 26.1. The second kappa shape index (κ2) is 9.84. The minimum atomic E-state index is 0.442. The van der Waals surface area contributed by atoms with Gasteiger partial charge in [-0.3, -0.25) is 0 Å². The maximum absolute atomic E-state index is 5.29. The van der Waals surface area contributed by atoms with Crippen LogP contribution in [0.3, 0.4) is 0 Å². The Morgan fingerprint density at radius 3 is 0.800 bits per heavy atom. The molecule has 3 aromatic carbocycles. The van der Waals surface area contributed by atoms with Crippen molar-refractivity contribution >= 4 is 0 Å². The lowest BCUT2D eigenvalue weighted by Crippen LogP contribution is -2.07. The van der Waals surface area contributed by atoms with Gasteiger partial charge in [-0.15, -0.1) is 0 Å². The average molecular weight is 403 g/mol. The van der Waals surface area contributed by atoms with Gasteiger partial charge in [-0.25, -0.2) is 0 Å². The third-order valence-electron chi connectivity index (χ3n) is 6.77. The van der Waals surface area contributed by atoms with Gasteiger partial charge in [0.25, 0.3) is 0 Å². The van der Waals surface area contributed by atoms with Crippen LogP contribution in [-0.2, 0) is 0 Å². The van der Waals surface area contributed by atoms with Gasteiger partial charge in [0.05, 0.1) is 14.2 Å². The van der Waals surface area contributed by atoms with E-state index >= 15 is 0 Å². The molecule has 0 radical (unpaired) electrons. The molecule has 0 bridgehead atoms. The van der Waals surface area contributed by atoms with E-state index in [1.807, 2.05) is 24.3 Å². The van der Waals surface area contributed by atoms with Crippen molar-refractivity contribution in [3.63, 3.8) is 0 Å². The Labute approximate surface area is 181 Å². The summed E-state index contributed by atoms with van der Waals surface area (Å²) in [5.41, 5.74) is 5.44. The summed E-state index contributed by atoms with van der Waals surface area (Å²) in [6.07, 6.45) is 0. The van der Waals surface area contributed by atoms with Crippen molar-refractivity contribution in [2.45, 2.75) is 51.4 Å². The molecule has 0 saturated heterocycles. The number of benzene rings is 3. The van der Waals surface area contributed by atoms with Crippen LogP contribution in [0.1, 0.15) is 73.6 Å². The zero-order chi connectivity index (χ0) is 21.7. The van der Waals surface area contributed by atoms with Gasteiger partial charge in [0.1, 0.15) is 11.5 Å². The van der Waals surface area contributed by atoms with E-state index in [2.05, 4.69) is 76.2 Å². The normalized spacial score (nSPS) is 15.1. The lowest BCUT2D eigenvalue weighted by atomic mass is 9.81. The molecule has 0 aliphatic heterocycles. The highest BCUT2D eigenvalue weighted by atomic mass is 16.5. The summed E-state index contributed by atoms with van der Waals surface area (Å²) in [4.78, 5) is 0. The van der Waals surface area contributed by atoms with Crippen molar-refractivity contribution < 1.29 is 9.47 Å². The van der Waals surface area contributed by atoms with Gasteiger partial charge in [0.2, 0.25) is 0 Å². The Bertz CT molecular complexity index is 832. The summed E-state index contributed by atoms with van der Waals surface area (Å²) in [5, 5.41) is 0. The van der Waals surface area contributed by atoms with Crippen LogP contribution < -0.4 is 9.47 Å². The van der Waals surface area contributed by atoms with Crippen LogP contribution in [0.2, 0.25) is 0 Å². The van der Waals surface area contributed by atoms with Gasteiger partial charge in [-0.1, -0.05) is 76.2 Å². The summed E-state index contributed by atoms with van der Waals surface area (Å²) < 4.78 is 10.6. The summed E-state index contributed by atoms with van der Waals surface area (Å²) in [5.74, 6) is 3.59. The number of rotatable bonds is 8. The molecule has 0 amide bonds. The minimum Gasteiger partial charge on any atom is -0.497 e. The lowest BCUT2D eigenvalue weighted by Gasteiger charge is -2.24. The van der Waals surface area contributed by atoms with Gasteiger partial charge >= 0.3 is 0 Å². The molecule has 0 N–H and O–H groups in total. The fraction of sp³-hybridized carbons (Fsp3) is 0.357. The third kappa shape index (κ3) is 4.87. The van der Waals surface area contributed by atoms with E-state index in [1.165, 1.54) is 22.3 Å². The molecule has 0 saturated carbocycles. The second-order valence-corrected chi connectivity index (χ2v) is 8.37. The summed E-state index contributed by atoms with van der Waals surface area (Å²) >= 11 is 0. The first-order valence-corrected chi connectivity index (χ1v) is 10.8. The first-order valence-electron chi connectivity index (χ1n) is 10.8.